The van der Waals surface area contributed by atoms with Gasteiger partial charge in [-0.1, -0.05) is 11.2 Å². The number of nitrogens with zero attached hydrogens (tertiary/aromatic N) is 1. The maximum Gasteiger partial charge on any atom is 0.414 e. The molecule has 1 amide bonds. The van der Waals surface area contributed by atoms with Gasteiger partial charge in [0, 0.05) is 12.8 Å². The van der Waals surface area contributed by atoms with E-state index in [1.165, 1.54) is 0 Å². The van der Waals surface area contributed by atoms with Crippen molar-refractivity contribution >= 4 is 23.0 Å². The molecule has 2 saturated heterocycles. The third-order valence-electron chi connectivity index (χ3n) is 4.32. The van der Waals surface area contributed by atoms with Crippen molar-refractivity contribution < 1.29 is 32.4 Å². The number of aliphatic hydroxyl groups excluding tert-OH is 1. The van der Waals surface area contributed by atoms with Crippen molar-refractivity contribution in [3.8, 4) is 0 Å². The predicted molar refractivity (Wildman–Crippen MR) is 81.0 cm³/mol. The lowest BCUT2D eigenvalue weighted by atomic mass is 9.89. The maximum absolute atomic E-state index is 14.9. The first-order valence-corrected chi connectivity index (χ1v) is 8.95. The standard InChI is InChI=1S/C15H16F3NO4S/c16-11-5-9(19-7-10(8-20)23-14(19)21)6-12(17)13(11)15(18)1-3-24(22)4-2-15/h5-6,10,20H,1-4,7-8H2. The van der Waals surface area contributed by atoms with Crippen LogP contribution in [0.5, 0.6) is 0 Å². The topological polar surface area (TPSA) is 72.8 Å². The third-order valence-corrected chi connectivity index (χ3v) is 5.64. The van der Waals surface area contributed by atoms with Crippen LogP contribution >= 0.6 is 0 Å². The fraction of sp³-hybridized carbons (Fsp3) is 0.533. The molecule has 132 valence electrons. The van der Waals surface area contributed by atoms with Crippen LogP contribution in [0.1, 0.15) is 18.4 Å². The van der Waals surface area contributed by atoms with Crippen LogP contribution in [0.15, 0.2) is 12.1 Å². The Hall–Kier alpha value is -1.45. The number of cyclic esters (lactones) is 1. The fourth-order valence-corrected chi connectivity index (χ4v) is 4.31. The second-order valence-corrected chi connectivity index (χ2v) is 7.59. The van der Waals surface area contributed by atoms with E-state index < -0.39 is 52.8 Å². The Morgan fingerprint density at radius 1 is 1.33 bits per heavy atom. The van der Waals surface area contributed by atoms with Gasteiger partial charge >= 0.3 is 6.09 Å². The Morgan fingerprint density at radius 3 is 2.42 bits per heavy atom. The molecule has 1 N–H and O–H groups in total. The zero-order chi connectivity index (χ0) is 17.5. The normalized spacial score (nSPS) is 30.5. The molecule has 2 fully saturated rings. The molecule has 5 nitrogen and oxygen atoms in total. The smallest absolute Gasteiger partial charge is 0.414 e. The van der Waals surface area contributed by atoms with Gasteiger partial charge in [0.2, 0.25) is 0 Å². The summed E-state index contributed by atoms with van der Waals surface area (Å²) in [5, 5.41) is 9.00. The van der Waals surface area contributed by atoms with Crippen molar-refractivity contribution in [1.29, 1.82) is 0 Å². The average Bonchev–Trinajstić information content (AvgIpc) is 2.91. The summed E-state index contributed by atoms with van der Waals surface area (Å²) in [5.74, 6) is -2.09. The van der Waals surface area contributed by atoms with Gasteiger partial charge in [-0.15, -0.1) is 0 Å². The average molecular weight is 363 g/mol. The van der Waals surface area contributed by atoms with Crippen LogP contribution in [-0.2, 0) is 21.6 Å². The van der Waals surface area contributed by atoms with Crippen molar-refractivity contribution in [1.82, 2.24) is 0 Å². The number of ether oxygens (including phenoxy) is 1. The van der Waals surface area contributed by atoms with E-state index in [-0.39, 0.29) is 36.6 Å². The zero-order valence-corrected chi connectivity index (χ0v) is 13.5. The Balaban J connectivity index is 1.91. The molecule has 9 heteroatoms. The largest absolute Gasteiger partial charge is 0.616 e. The molecule has 1 atom stereocenters. The fourth-order valence-electron chi connectivity index (χ4n) is 3.00. The highest BCUT2D eigenvalue weighted by Crippen LogP contribution is 2.41. The van der Waals surface area contributed by atoms with Gasteiger partial charge in [0.15, 0.2) is 5.67 Å². The van der Waals surface area contributed by atoms with Crippen molar-refractivity contribution in [2.24, 2.45) is 0 Å². The van der Waals surface area contributed by atoms with Gasteiger partial charge in [0.1, 0.15) is 29.2 Å². The Labute approximate surface area is 139 Å². The number of hydrogen-bond acceptors (Lipinski definition) is 4. The Kier molecular flexibility index (Phi) is 4.67. The molecule has 0 aromatic heterocycles. The van der Waals surface area contributed by atoms with Crippen LogP contribution in [-0.4, -0.2) is 46.5 Å². The van der Waals surface area contributed by atoms with E-state index in [1.54, 1.807) is 0 Å². The minimum atomic E-state index is -2.21. The van der Waals surface area contributed by atoms with E-state index in [1.807, 2.05) is 0 Å². The molecule has 0 aliphatic carbocycles. The zero-order valence-electron chi connectivity index (χ0n) is 12.6. The van der Waals surface area contributed by atoms with Gasteiger partial charge < -0.3 is 14.4 Å². The van der Waals surface area contributed by atoms with Gasteiger partial charge in [-0.3, -0.25) is 4.90 Å². The molecule has 2 aliphatic heterocycles. The van der Waals surface area contributed by atoms with Crippen LogP contribution < -0.4 is 4.90 Å². The molecule has 1 aromatic rings. The second kappa shape index (κ2) is 6.45. The van der Waals surface area contributed by atoms with E-state index >= 15 is 0 Å². The van der Waals surface area contributed by atoms with Gasteiger partial charge in [-0.05, 0) is 12.1 Å². The number of carbonyl (C=O) groups excluding carboxylic acids is 1. The van der Waals surface area contributed by atoms with Crippen molar-refractivity contribution in [2.75, 3.05) is 29.6 Å². The number of halogens is 3. The lowest BCUT2D eigenvalue weighted by Crippen LogP contribution is -2.35. The minimum absolute atomic E-state index is 0.0483. The number of benzene rings is 1. The van der Waals surface area contributed by atoms with E-state index in [9.17, 15) is 22.5 Å². The summed E-state index contributed by atoms with van der Waals surface area (Å²) in [6.45, 7) is -0.455. The molecule has 24 heavy (non-hydrogen) atoms. The number of aliphatic hydroxyl groups is 1. The summed E-state index contributed by atoms with van der Waals surface area (Å²) < 4.78 is 59.9. The van der Waals surface area contributed by atoms with E-state index in [0.717, 1.165) is 17.0 Å². The highest BCUT2D eigenvalue weighted by atomic mass is 32.2. The van der Waals surface area contributed by atoms with Crippen LogP contribution in [0.3, 0.4) is 0 Å². The molecule has 2 heterocycles. The number of alkyl halides is 1. The molecular weight excluding hydrogens is 347 g/mol. The first-order valence-electron chi connectivity index (χ1n) is 7.46. The summed E-state index contributed by atoms with van der Waals surface area (Å²) in [6, 6.07) is 1.76. The molecule has 2 aliphatic rings. The quantitative estimate of drug-likeness (QED) is 0.834. The van der Waals surface area contributed by atoms with Crippen molar-refractivity contribution in [3.63, 3.8) is 0 Å². The molecule has 1 aromatic carbocycles. The molecule has 0 spiro atoms. The van der Waals surface area contributed by atoms with Gasteiger partial charge in [-0.25, -0.2) is 18.0 Å². The van der Waals surface area contributed by atoms with Crippen LogP contribution in [0.25, 0.3) is 0 Å². The van der Waals surface area contributed by atoms with Gasteiger partial charge in [-0.2, -0.15) is 0 Å². The molecule has 0 saturated carbocycles. The van der Waals surface area contributed by atoms with E-state index in [2.05, 4.69) is 0 Å². The number of hydrogen-bond donors (Lipinski definition) is 1. The summed E-state index contributed by atoms with van der Waals surface area (Å²) >= 11 is -1.17. The number of amides is 1. The summed E-state index contributed by atoms with van der Waals surface area (Å²) in [6.07, 6.45) is -2.04. The Bertz CT molecular complexity index is 629. The summed E-state index contributed by atoms with van der Waals surface area (Å²) in [5.41, 5.74) is -2.99. The predicted octanol–water partition coefficient (Wildman–Crippen LogP) is 1.99. The van der Waals surface area contributed by atoms with Crippen LogP contribution in [0, 0.1) is 11.6 Å². The van der Waals surface area contributed by atoms with Crippen LogP contribution in [0.4, 0.5) is 23.7 Å². The lowest BCUT2D eigenvalue weighted by Gasteiger charge is -2.31. The maximum atomic E-state index is 14.9. The monoisotopic (exact) mass is 363 g/mol. The molecule has 0 radical (unpaired) electrons. The summed E-state index contributed by atoms with van der Waals surface area (Å²) in [4.78, 5) is 12.7. The SMILES string of the molecule is O=C1OC(CO)CN1c1cc(F)c(C2(F)CC[S+]([O-])CC2)c(F)c1. The van der Waals surface area contributed by atoms with E-state index in [4.69, 9.17) is 9.84 Å². The Morgan fingerprint density at radius 2 is 1.92 bits per heavy atom. The molecule has 3 rings (SSSR count). The number of anilines is 1. The third kappa shape index (κ3) is 3.07. The molecule has 1 unspecified atom stereocenters. The first kappa shape index (κ1) is 17.4. The highest BCUT2D eigenvalue weighted by Gasteiger charge is 2.43. The van der Waals surface area contributed by atoms with Crippen LogP contribution in [0.2, 0.25) is 0 Å². The number of rotatable bonds is 3. The second-order valence-electron chi connectivity index (χ2n) is 5.90. The minimum Gasteiger partial charge on any atom is -0.616 e. The summed E-state index contributed by atoms with van der Waals surface area (Å²) in [7, 11) is 0. The first-order chi connectivity index (χ1) is 11.3. The molecular formula is C15H16F3NO4S. The van der Waals surface area contributed by atoms with E-state index in [0.29, 0.717) is 0 Å². The molecule has 0 bridgehead atoms. The lowest BCUT2D eigenvalue weighted by molar-refractivity contribution is 0.0963. The highest BCUT2D eigenvalue weighted by molar-refractivity contribution is 7.91. The van der Waals surface area contributed by atoms with Crippen molar-refractivity contribution in [3.05, 3.63) is 29.3 Å². The van der Waals surface area contributed by atoms with Gasteiger partial charge in [0.25, 0.3) is 0 Å². The number of carbonyl (C=O) groups is 1. The van der Waals surface area contributed by atoms with Crippen molar-refractivity contribution in [2.45, 2.75) is 24.6 Å². The van der Waals surface area contributed by atoms with Gasteiger partial charge in [0.05, 0.1) is 24.4 Å².